The zero-order valence-corrected chi connectivity index (χ0v) is 19.6. The number of carbonyl (C=O) groups is 1. The van der Waals surface area contributed by atoms with Crippen molar-refractivity contribution in [3.63, 3.8) is 0 Å². The molecule has 1 aliphatic heterocycles. The number of nitrogens with zero attached hydrogens (tertiary/aromatic N) is 5. The van der Waals surface area contributed by atoms with Crippen LogP contribution in [0.25, 0.3) is 5.69 Å². The van der Waals surface area contributed by atoms with Crippen LogP contribution in [0, 0.1) is 13.8 Å². The molecular formula is C23H28N6O3S. The highest BCUT2D eigenvalue weighted by molar-refractivity contribution is 7.89. The first-order valence-corrected chi connectivity index (χ1v) is 12.5. The summed E-state index contributed by atoms with van der Waals surface area (Å²) >= 11 is 0. The van der Waals surface area contributed by atoms with Crippen molar-refractivity contribution in [2.24, 2.45) is 0 Å². The lowest BCUT2D eigenvalue weighted by Crippen LogP contribution is -2.50. The fraction of sp³-hybridized carbons (Fsp3) is 0.348. The maximum absolute atomic E-state index is 12.7. The van der Waals surface area contributed by atoms with E-state index in [-0.39, 0.29) is 18.2 Å². The highest BCUT2D eigenvalue weighted by Crippen LogP contribution is 2.15. The Morgan fingerprint density at radius 3 is 2.36 bits per heavy atom. The number of hydrogen-bond acceptors (Lipinski definition) is 6. The fourth-order valence-corrected chi connectivity index (χ4v) is 5.24. The van der Waals surface area contributed by atoms with Gasteiger partial charge in [0.1, 0.15) is 5.82 Å². The van der Waals surface area contributed by atoms with Crippen LogP contribution in [-0.2, 0) is 10.0 Å². The van der Waals surface area contributed by atoms with E-state index >= 15 is 0 Å². The average molecular weight is 469 g/mol. The first-order chi connectivity index (χ1) is 15.8. The molecule has 0 radical (unpaired) electrons. The number of aromatic nitrogens is 3. The SMILES string of the molecule is Cc1cc(C)n(-c2ccc(C(=O)NCCS(=O)(=O)N3CCN(c4ccccn4)CC3)cc2)n1. The molecule has 0 saturated carbocycles. The van der Waals surface area contributed by atoms with Gasteiger partial charge in [0.25, 0.3) is 5.91 Å². The summed E-state index contributed by atoms with van der Waals surface area (Å²) in [5, 5.41) is 7.15. The van der Waals surface area contributed by atoms with E-state index in [9.17, 15) is 13.2 Å². The zero-order chi connectivity index (χ0) is 23.4. The molecule has 174 valence electrons. The third-order valence-corrected chi connectivity index (χ3v) is 7.51. The number of aryl methyl sites for hydroxylation is 2. The standard InChI is InChI=1S/C23H28N6O3S/c1-18-17-19(2)29(26-18)21-8-6-20(7-9-21)23(30)25-11-16-33(31,32)28-14-12-27(13-15-28)22-5-3-4-10-24-22/h3-10,17H,11-16H2,1-2H3,(H,25,30). The van der Waals surface area contributed by atoms with Gasteiger partial charge in [0.15, 0.2) is 0 Å². The van der Waals surface area contributed by atoms with Crippen molar-refractivity contribution >= 4 is 21.7 Å². The molecule has 0 unspecified atom stereocenters. The Hall–Kier alpha value is -3.24. The Morgan fingerprint density at radius 1 is 1.03 bits per heavy atom. The summed E-state index contributed by atoms with van der Waals surface area (Å²) < 4.78 is 28.7. The van der Waals surface area contributed by atoms with Crippen LogP contribution in [-0.4, -0.2) is 71.9 Å². The van der Waals surface area contributed by atoms with Crippen LogP contribution < -0.4 is 10.2 Å². The number of anilines is 1. The van der Waals surface area contributed by atoms with E-state index in [2.05, 4.69) is 20.3 Å². The van der Waals surface area contributed by atoms with Crippen LogP contribution in [0.4, 0.5) is 5.82 Å². The van der Waals surface area contributed by atoms with Crippen molar-refractivity contribution in [3.05, 3.63) is 71.7 Å². The van der Waals surface area contributed by atoms with E-state index in [1.165, 1.54) is 4.31 Å². The van der Waals surface area contributed by atoms with E-state index in [1.54, 1.807) is 18.3 Å². The molecule has 10 heteroatoms. The molecule has 9 nitrogen and oxygen atoms in total. The molecule has 2 aromatic heterocycles. The minimum atomic E-state index is -3.45. The van der Waals surface area contributed by atoms with Gasteiger partial charge in [0.05, 0.1) is 17.1 Å². The first-order valence-electron chi connectivity index (χ1n) is 10.9. The van der Waals surface area contributed by atoms with Gasteiger partial charge in [0.2, 0.25) is 10.0 Å². The number of carbonyl (C=O) groups excluding carboxylic acids is 1. The molecule has 0 bridgehead atoms. The molecule has 1 N–H and O–H groups in total. The van der Waals surface area contributed by atoms with Gasteiger partial charge in [-0.3, -0.25) is 4.79 Å². The van der Waals surface area contributed by atoms with Crippen LogP contribution in [0.5, 0.6) is 0 Å². The van der Waals surface area contributed by atoms with E-state index in [1.807, 2.05) is 54.9 Å². The van der Waals surface area contributed by atoms with Crippen molar-refractivity contribution in [2.45, 2.75) is 13.8 Å². The molecule has 0 atom stereocenters. The quantitative estimate of drug-likeness (QED) is 0.567. The topological polar surface area (TPSA) is 100 Å². The van der Waals surface area contributed by atoms with Crippen molar-refractivity contribution < 1.29 is 13.2 Å². The summed E-state index contributed by atoms with van der Waals surface area (Å²) in [6.45, 7) is 5.94. The van der Waals surface area contributed by atoms with Gasteiger partial charge in [-0.15, -0.1) is 0 Å². The van der Waals surface area contributed by atoms with Crippen molar-refractivity contribution in [2.75, 3.05) is 43.4 Å². The molecule has 3 aromatic rings. The Labute approximate surface area is 194 Å². The van der Waals surface area contributed by atoms with Crippen LogP contribution in [0.15, 0.2) is 54.7 Å². The van der Waals surface area contributed by atoms with E-state index in [0.717, 1.165) is 22.9 Å². The summed E-state index contributed by atoms with van der Waals surface area (Å²) in [5.74, 6) is 0.419. The van der Waals surface area contributed by atoms with Gasteiger partial charge >= 0.3 is 0 Å². The first kappa shape index (κ1) is 22.9. The number of hydrogen-bond donors (Lipinski definition) is 1. The molecule has 1 saturated heterocycles. The lowest BCUT2D eigenvalue weighted by atomic mass is 10.2. The smallest absolute Gasteiger partial charge is 0.251 e. The van der Waals surface area contributed by atoms with Gasteiger partial charge < -0.3 is 10.2 Å². The zero-order valence-electron chi connectivity index (χ0n) is 18.8. The molecular weight excluding hydrogens is 440 g/mol. The summed E-state index contributed by atoms with van der Waals surface area (Å²) in [6, 6.07) is 14.8. The van der Waals surface area contributed by atoms with Gasteiger partial charge in [-0.25, -0.2) is 18.1 Å². The summed E-state index contributed by atoms with van der Waals surface area (Å²) in [6.07, 6.45) is 1.73. The molecule has 4 rings (SSSR count). The number of amides is 1. The lowest BCUT2D eigenvalue weighted by Gasteiger charge is -2.34. The van der Waals surface area contributed by atoms with Crippen LogP contribution in [0.2, 0.25) is 0 Å². The third kappa shape index (κ3) is 5.40. The monoisotopic (exact) mass is 468 g/mol. The van der Waals surface area contributed by atoms with E-state index in [4.69, 9.17) is 0 Å². The predicted octanol–water partition coefficient (Wildman–Crippen LogP) is 1.77. The fourth-order valence-electron chi connectivity index (χ4n) is 3.91. The normalized spacial score (nSPS) is 14.9. The summed E-state index contributed by atoms with van der Waals surface area (Å²) in [5.41, 5.74) is 3.27. The maximum Gasteiger partial charge on any atom is 0.251 e. The summed E-state index contributed by atoms with van der Waals surface area (Å²) in [7, 11) is -3.45. The molecule has 1 aromatic carbocycles. The third-order valence-electron chi connectivity index (χ3n) is 5.63. The van der Waals surface area contributed by atoms with Crippen LogP contribution in [0.1, 0.15) is 21.7 Å². The lowest BCUT2D eigenvalue weighted by molar-refractivity contribution is 0.0956. The number of rotatable bonds is 7. The van der Waals surface area contributed by atoms with Gasteiger partial charge in [-0.1, -0.05) is 6.07 Å². The molecule has 0 aliphatic carbocycles. The minimum absolute atomic E-state index is 0.0564. The molecule has 1 fully saturated rings. The Balaban J connectivity index is 1.27. The van der Waals surface area contributed by atoms with Crippen LogP contribution in [0.3, 0.4) is 0 Å². The maximum atomic E-state index is 12.7. The molecule has 1 aliphatic rings. The van der Waals surface area contributed by atoms with Gasteiger partial charge in [0, 0.05) is 50.2 Å². The predicted molar refractivity (Wildman–Crippen MR) is 127 cm³/mol. The van der Waals surface area contributed by atoms with Crippen molar-refractivity contribution in [1.82, 2.24) is 24.4 Å². The van der Waals surface area contributed by atoms with E-state index in [0.29, 0.717) is 31.7 Å². The Bertz CT molecular complexity index is 1200. The van der Waals surface area contributed by atoms with Crippen molar-refractivity contribution in [1.29, 1.82) is 0 Å². The van der Waals surface area contributed by atoms with Gasteiger partial charge in [-0.2, -0.15) is 9.40 Å². The second kappa shape index (κ2) is 9.72. The number of nitrogens with one attached hydrogen (secondary N) is 1. The van der Waals surface area contributed by atoms with Crippen molar-refractivity contribution in [3.8, 4) is 5.69 Å². The Kier molecular flexibility index (Phi) is 6.75. The number of pyridine rings is 1. The molecule has 3 heterocycles. The van der Waals surface area contributed by atoms with E-state index < -0.39 is 10.0 Å². The summed E-state index contributed by atoms with van der Waals surface area (Å²) in [4.78, 5) is 18.9. The highest BCUT2D eigenvalue weighted by atomic mass is 32.2. The van der Waals surface area contributed by atoms with Crippen LogP contribution >= 0.6 is 0 Å². The average Bonchev–Trinajstić information content (AvgIpc) is 3.17. The number of piperazine rings is 1. The Morgan fingerprint density at radius 2 is 1.76 bits per heavy atom. The number of benzene rings is 1. The molecule has 1 amide bonds. The minimum Gasteiger partial charge on any atom is -0.354 e. The number of sulfonamides is 1. The molecule has 0 spiro atoms. The second-order valence-electron chi connectivity index (χ2n) is 8.03. The highest BCUT2D eigenvalue weighted by Gasteiger charge is 2.27. The molecule has 33 heavy (non-hydrogen) atoms. The largest absolute Gasteiger partial charge is 0.354 e. The van der Waals surface area contributed by atoms with Gasteiger partial charge in [-0.05, 0) is 56.3 Å². The second-order valence-corrected chi connectivity index (χ2v) is 10.1.